The van der Waals surface area contributed by atoms with Gasteiger partial charge in [0.2, 0.25) is 0 Å². The summed E-state index contributed by atoms with van der Waals surface area (Å²) in [6.07, 6.45) is 9.24. The van der Waals surface area contributed by atoms with E-state index in [2.05, 4.69) is 9.55 Å². The van der Waals surface area contributed by atoms with Crippen molar-refractivity contribution in [2.75, 3.05) is 13.1 Å². The third kappa shape index (κ3) is 2.28. The summed E-state index contributed by atoms with van der Waals surface area (Å²) in [5.41, 5.74) is 0.672. The number of aromatic nitrogens is 2. The van der Waals surface area contributed by atoms with E-state index in [4.69, 9.17) is 4.42 Å². The van der Waals surface area contributed by atoms with Gasteiger partial charge in [-0.25, -0.2) is 4.98 Å². The maximum Gasteiger partial charge on any atom is 0.257 e. The second kappa shape index (κ2) is 4.91. The van der Waals surface area contributed by atoms with Gasteiger partial charge in [0.25, 0.3) is 5.91 Å². The SMILES string of the molecule is Cc1occc1C(=O)N1CCCC(n2ccnc2)C1. The van der Waals surface area contributed by atoms with E-state index < -0.39 is 0 Å². The average molecular weight is 259 g/mol. The van der Waals surface area contributed by atoms with Crippen LogP contribution in [0.2, 0.25) is 0 Å². The normalized spacial score (nSPS) is 19.6. The highest BCUT2D eigenvalue weighted by Gasteiger charge is 2.26. The molecule has 0 aromatic carbocycles. The molecule has 0 radical (unpaired) electrons. The van der Waals surface area contributed by atoms with Crippen LogP contribution in [0.4, 0.5) is 0 Å². The first kappa shape index (κ1) is 12.0. The molecule has 1 aliphatic heterocycles. The van der Waals surface area contributed by atoms with E-state index in [0.717, 1.165) is 25.9 Å². The van der Waals surface area contributed by atoms with Crippen molar-refractivity contribution in [2.24, 2.45) is 0 Å². The van der Waals surface area contributed by atoms with E-state index in [1.165, 1.54) is 0 Å². The number of likely N-dealkylation sites (tertiary alicyclic amines) is 1. The lowest BCUT2D eigenvalue weighted by atomic mass is 10.0. The van der Waals surface area contributed by atoms with Gasteiger partial charge in [0.1, 0.15) is 5.76 Å². The zero-order chi connectivity index (χ0) is 13.2. The number of carbonyl (C=O) groups excluding carboxylic acids is 1. The van der Waals surface area contributed by atoms with Gasteiger partial charge in [-0.2, -0.15) is 0 Å². The molecule has 5 nitrogen and oxygen atoms in total. The predicted molar refractivity (Wildman–Crippen MR) is 69.8 cm³/mol. The Morgan fingerprint density at radius 2 is 2.42 bits per heavy atom. The van der Waals surface area contributed by atoms with E-state index >= 15 is 0 Å². The van der Waals surface area contributed by atoms with Crippen LogP contribution in [-0.2, 0) is 0 Å². The molecule has 2 aromatic heterocycles. The number of imidazole rings is 1. The van der Waals surface area contributed by atoms with Gasteiger partial charge in [-0.05, 0) is 25.8 Å². The van der Waals surface area contributed by atoms with Crippen LogP contribution in [0.15, 0.2) is 35.5 Å². The van der Waals surface area contributed by atoms with Crippen LogP contribution in [0.25, 0.3) is 0 Å². The number of piperidine rings is 1. The summed E-state index contributed by atoms with van der Waals surface area (Å²) >= 11 is 0. The Morgan fingerprint density at radius 1 is 1.53 bits per heavy atom. The third-order valence-corrected chi connectivity index (χ3v) is 3.72. The molecule has 3 heterocycles. The maximum atomic E-state index is 12.4. The van der Waals surface area contributed by atoms with Crippen molar-refractivity contribution in [3.8, 4) is 0 Å². The molecule has 0 spiro atoms. The summed E-state index contributed by atoms with van der Waals surface area (Å²) in [5.74, 6) is 0.755. The number of amides is 1. The molecule has 1 atom stereocenters. The Bertz CT molecular complexity index is 559. The Hall–Kier alpha value is -2.04. The predicted octanol–water partition coefficient (Wildman–Crippen LogP) is 2.26. The molecule has 100 valence electrons. The highest BCUT2D eigenvalue weighted by atomic mass is 16.3. The lowest BCUT2D eigenvalue weighted by Gasteiger charge is -2.33. The topological polar surface area (TPSA) is 51.3 Å². The zero-order valence-electron chi connectivity index (χ0n) is 11.0. The third-order valence-electron chi connectivity index (χ3n) is 3.72. The van der Waals surface area contributed by atoms with Crippen molar-refractivity contribution in [2.45, 2.75) is 25.8 Å². The second-order valence-electron chi connectivity index (χ2n) is 4.95. The Labute approximate surface area is 111 Å². The second-order valence-corrected chi connectivity index (χ2v) is 4.95. The number of hydrogen-bond donors (Lipinski definition) is 0. The molecule has 1 saturated heterocycles. The molecule has 0 bridgehead atoms. The van der Waals surface area contributed by atoms with E-state index in [9.17, 15) is 4.79 Å². The molecule has 2 aromatic rings. The Balaban J connectivity index is 1.75. The van der Waals surface area contributed by atoms with Gasteiger partial charge >= 0.3 is 0 Å². The van der Waals surface area contributed by atoms with Gasteiger partial charge in [0, 0.05) is 25.5 Å². The van der Waals surface area contributed by atoms with Crippen molar-refractivity contribution in [1.29, 1.82) is 0 Å². The largest absolute Gasteiger partial charge is 0.469 e. The number of rotatable bonds is 2. The fraction of sp³-hybridized carbons (Fsp3) is 0.429. The summed E-state index contributed by atoms with van der Waals surface area (Å²) in [5, 5.41) is 0. The summed E-state index contributed by atoms with van der Waals surface area (Å²) in [7, 11) is 0. The number of furan rings is 1. The van der Waals surface area contributed by atoms with Crippen LogP contribution in [0.3, 0.4) is 0 Å². The molecule has 3 rings (SSSR count). The quantitative estimate of drug-likeness (QED) is 0.831. The molecule has 1 fully saturated rings. The summed E-state index contributed by atoms with van der Waals surface area (Å²) < 4.78 is 7.30. The van der Waals surface area contributed by atoms with E-state index in [-0.39, 0.29) is 5.91 Å². The lowest BCUT2D eigenvalue weighted by molar-refractivity contribution is 0.0677. The van der Waals surface area contributed by atoms with Gasteiger partial charge in [-0.15, -0.1) is 0 Å². The first-order valence-corrected chi connectivity index (χ1v) is 6.56. The van der Waals surface area contributed by atoms with Crippen molar-refractivity contribution in [1.82, 2.24) is 14.5 Å². The highest BCUT2D eigenvalue weighted by molar-refractivity contribution is 5.95. The molecule has 5 heteroatoms. The first-order valence-electron chi connectivity index (χ1n) is 6.56. The van der Waals surface area contributed by atoms with Crippen molar-refractivity contribution >= 4 is 5.91 Å². The van der Waals surface area contributed by atoms with E-state index in [1.54, 1.807) is 18.5 Å². The number of aryl methyl sites for hydroxylation is 1. The molecular formula is C14H17N3O2. The maximum absolute atomic E-state index is 12.4. The van der Waals surface area contributed by atoms with Crippen molar-refractivity contribution in [3.63, 3.8) is 0 Å². The molecule has 1 unspecified atom stereocenters. The van der Waals surface area contributed by atoms with Gasteiger partial charge in [0.05, 0.1) is 24.2 Å². The summed E-state index contributed by atoms with van der Waals surface area (Å²) in [6, 6.07) is 2.07. The zero-order valence-corrected chi connectivity index (χ0v) is 11.0. The molecule has 0 N–H and O–H groups in total. The van der Waals surface area contributed by atoms with E-state index in [0.29, 0.717) is 17.4 Å². The number of hydrogen-bond acceptors (Lipinski definition) is 3. The minimum Gasteiger partial charge on any atom is -0.469 e. The summed E-state index contributed by atoms with van der Waals surface area (Å²) in [4.78, 5) is 18.4. The fourth-order valence-electron chi connectivity index (χ4n) is 2.65. The molecule has 0 aliphatic carbocycles. The van der Waals surface area contributed by atoms with Crippen LogP contribution >= 0.6 is 0 Å². The molecular weight excluding hydrogens is 242 g/mol. The van der Waals surface area contributed by atoms with Gasteiger partial charge in [-0.3, -0.25) is 4.79 Å². The number of carbonyl (C=O) groups is 1. The van der Waals surface area contributed by atoms with Crippen LogP contribution < -0.4 is 0 Å². The minimum absolute atomic E-state index is 0.0658. The monoisotopic (exact) mass is 259 g/mol. The Kier molecular flexibility index (Phi) is 3.11. The minimum atomic E-state index is 0.0658. The molecule has 0 saturated carbocycles. The van der Waals surface area contributed by atoms with Crippen LogP contribution in [0, 0.1) is 6.92 Å². The Morgan fingerprint density at radius 3 is 3.11 bits per heavy atom. The van der Waals surface area contributed by atoms with Crippen LogP contribution in [0.5, 0.6) is 0 Å². The lowest BCUT2D eigenvalue weighted by Crippen LogP contribution is -2.40. The molecule has 19 heavy (non-hydrogen) atoms. The smallest absolute Gasteiger partial charge is 0.257 e. The first-order chi connectivity index (χ1) is 9.25. The van der Waals surface area contributed by atoms with Crippen molar-refractivity contribution in [3.05, 3.63) is 42.4 Å². The fourth-order valence-corrected chi connectivity index (χ4v) is 2.65. The summed E-state index contributed by atoms with van der Waals surface area (Å²) in [6.45, 7) is 3.37. The van der Waals surface area contributed by atoms with Gasteiger partial charge < -0.3 is 13.9 Å². The average Bonchev–Trinajstić information content (AvgIpc) is 3.09. The highest BCUT2D eigenvalue weighted by Crippen LogP contribution is 2.23. The number of nitrogens with zero attached hydrogens (tertiary/aromatic N) is 3. The molecule has 1 aliphatic rings. The van der Waals surface area contributed by atoms with Gasteiger partial charge in [0.15, 0.2) is 0 Å². The van der Waals surface area contributed by atoms with Gasteiger partial charge in [-0.1, -0.05) is 0 Å². The van der Waals surface area contributed by atoms with Crippen molar-refractivity contribution < 1.29 is 9.21 Å². The van der Waals surface area contributed by atoms with Crippen LogP contribution in [-0.4, -0.2) is 33.4 Å². The van der Waals surface area contributed by atoms with Crippen LogP contribution in [0.1, 0.15) is 35.0 Å². The van der Waals surface area contributed by atoms with E-state index in [1.807, 2.05) is 24.3 Å². The standard InChI is InChI=1S/C14H17N3O2/c1-11-13(4-8-19-11)14(18)16-6-2-3-12(9-16)17-7-5-15-10-17/h4-5,7-8,10,12H,2-3,6,9H2,1H3. The molecule has 1 amide bonds.